The zero-order valence-corrected chi connectivity index (χ0v) is 13.1. The summed E-state index contributed by atoms with van der Waals surface area (Å²) in [6.07, 6.45) is 0. The van der Waals surface area contributed by atoms with Gasteiger partial charge >= 0.3 is 0 Å². The molecule has 0 unspecified atom stereocenters. The highest BCUT2D eigenvalue weighted by atomic mass is 35.5. The standard InChI is InChI=1S/C14H13Cl2NO2S/c1-17(8-12-5-6-13(16)20-12)14(18)9-19-11-4-2-3-10(15)7-11/h2-7H,8-9H2,1H3. The Bertz CT molecular complexity index is 600. The van der Waals surface area contributed by atoms with E-state index in [4.69, 9.17) is 27.9 Å². The lowest BCUT2D eigenvalue weighted by Gasteiger charge is -2.16. The van der Waals surface area contributed by atoms with Gasteiger partial charge in [0.2, 0.25) is 0 Å². The largest absolute Gasteiger partial charge is 0.484 e. The number of hydrogen-bond acceptors (Lipinski definition) is 3. The zero-order chi connectivity index (χ0) is 14.5. The number of thiophene rings is 1. The van der Waals surface area contributed by atoms with E-state index in [1.807, 2.05) is 12.1 Å². The summed E-state index contributed by atoms with van der Waals surface area (Å²) in [6, 6.07) is 10.7. The number of amides is 1. The number of carbonyl (C=O) groups is 1. The van der Waals surface area contributed by atoms with Gasteiger partial charge in [-0.1, -0.05) is 29.3 Å². The first-order valence-electron chi connectivity index (χ1n) is 5.91. The van der Waals surface area contributed by atoms with Crippen molar-refractivity contribution >= 4 is 40.4 Å². The van der Waals surface area contributed by atoms with Crippen LogP contribution in [-0.4, -0.2) is 24.5 Å². The molecule has 0 aliphatic rings. The van der Waals surface area contributed by atoms with Crippen LogP contribution < -0.4 is 4.74 Å². The molecule has 1 heterocycles. The highest BCUT2D eigenvalue weighted by Gasteiger charge is 2.11. The van der Waals surface area contributed by atoms with Crippen LogP contribution in [0.25, 0.3) is 0 Å². The van der Waals surface area contributed by atoms with E-state index in [0.29, 0.717) is 17.3 Å². The van der Waals surface area contributed by atoms with Crippen molar-refractivity contribution in [2.75, 3.05) is 13.7 Å². The van der Waals surface area contributed by atoms with Crippen molar-refractivity contribution in [3.05, 3.63) is 50.6 Å². The number of likely N-dealkylation sites (N-methyl/N-ethyl adjacent to an activating group) is 1. The van der Waals surface area contributed by atoms with Crippen LogP contribution >= 0.6 is 34.5 Å². The molecule has 2 rings (SSSR count). The first-order chi connectivity index (χ1) is 9.54. The van der Waals surface area contributed by atoms with Crippen molar-refractivity contribution < 1.29 is 9.53 Å². The molecule has 2 aromatic rings. The summed E-state index contributed by atoms with van der Waals surface area (Å²) < 4.78 is 6.13. The SMILES string of the molecule is CN(Cc1ccc(Cl)s1)C(=O)COc1cccc(Cl)c1. The zero-order valence-electron chi connectivity index (χ0n) is 10.8. The second-order valence-electron chi connectivity index (χ2n) is 4.20. The molecule has 106 valence electrons. The molecule has 0 fully saturated rings. The predicted molar refractivity (Wildman–Crippen MR) is 82.8 cm³/mol. The third-order valence-corrected chi connectivity index (χ3v) is 4.06. The first kappa shape index (κ1) is 15.2. The molecule has 6 heteroatoms. The monoisotopic (exact) mass is 329 g/mol. The third kappa shape index (κ3) is 4.40. The van der Waals surface area contributed by atoms with E-state index < -0.39 is 0 Å². The summed E-state index contributed by atoms with van der Waals surface area (Å²) >= 11 is 13.2. The number of benzene rings is 1. The van der Waals surface area contributed by atoms with Crippen LogP contribution in [0.5, 0.6) is 5.75 Å². The van der Waals surface area contributed by atoms with E-state index in [-0.39, 0.29) is 12.5 Å². The van der Waals surface area contributed by atoms with Gasteiger partial charge in [0.15, 0.2) is 6.61 Å². The summed E-state index contributed by atoms with van der Waals surface area (Å²) in [5.41, 5.74) is 0. The van der Waals surface area contributed by atoms with Crippen molar-refractivity contribution in [3.63, 3.8) is 0 Å². The molecular formula is C14H13Cl2NO2S. The number of halogens is 2. The number of ether oxygens (including phenoxy) is 1. The molecular weight excluding hydrogens is 317 g/mol. The topological polar surface area (TPSA) is 29.5 Å². The molecule has 3 nitrogen and oxygen atoms in total. The maximum absolute atomic E-state index is 12.0. The lowest BCUT2D eigenvalue weighted by Crippen LogP contribution is -2.30. The van der Waals surface area contributed by atoms with Gasteiger partial charge in [0.25, 0.3) is 5.91 Å². The quantitative estimate of drug-likeness (QED) is 0.826. The number of rotatable bonds is 5. The molecule has 0 aliphatic carbocycles. The van der Waals surface area contributed by atoms with Gasteiger partial charge < -0.3 is 9.64 Å². The summed E-state index contributed by atoms with van der Waals surface area (Å²) in [5.74, 6) is 0.480. The van der Waals surface area contributed by atoms with Crippen molar-refractivity contribution in [3.8, 4) is 5.75 Å². The molecule has 1 aromatic heterocycles. The molecule has 20 heavy (non-hydrogen) atoms. The normalized spacial score (nSPS) is 10.3. The van der Waals surface area contributed by atoms with Crippen LogP contribution in [0.2, 0.25) is 9.36 Å². The Balaban J connectivity index is 1.85. The van der Waals surface area contributed by atoms with Crippen molar-refractivity contribution in [2.24, 2.45) is 0 Å². The van der Waals surface area contributed by atoms with Crippen LogP contribution in [0, 0.1) is 0 Å². The van der Waals surface area contributed by atoms with Crippen molar-refractivity contribution in [1.82, 2.24) is 4.90 Å². The van der Waals surface area contributed by atoms with Gasteiger partial charge in [-0.25, -0.2) is 0 Å². The summed E-state index contributed by atoms with van der Waals surface area (Å²) in [4.78, 5) is 14.6. The fraction of sp³-hybridized carbons (Fsp3) is 0.214. The smallest absolute Gasteiger partial charge is 0.260 e. The molecule has 0 bridgehead atoms. The lowest BCUT2D eigenvalue weighted by atomic mass is 10.3. The minimum absolute atomic E-state index is 0.0179. The summed E-state index contributed by atoms with van der Waals surface area (Å²) in [6.45, 7) is 0.505. The number of carbonyl (C=O) groups excluding carboxylic acids is 1. The highest BCUT2D eigenvalue weighted by molar-refractivity contribution is 7.16. The van der Waals surface area contributed by atoms with Gasteiger partial charge in [-0.3, -0.25) is 4.79 Å². The van der Waals surface area contributed by atoms with E-state index in [1.165, 1.54) is 11.3 Å². The number of hydrogen-bond donors (Lipinski definition) is 0. The molecule has 0 saturated carbocycles. The van der Waals surface area contributed by atoms with E-state index in [0.717, 1.165) is 9.21 Å². The Labute approximate surface area is 131 Å². The fourth-order valence-corrected chi connectivity index (χ4v) is 2.89. The molecule has 1 aromatic carbocycles. The molecule has 0 spiro atoms. The Morgan fingerprint density at radius 3 is 2.75 bits per heavy atom. The van der Waals surface area contributed by atoms with Crippen LogP contribution in [0.3, 0.4) is 0 Å². The van der Waals surface area contributed by atoms with Crippen LogP contribution in [0.15, 0.2) is 36.4 Å². The Morgan fingerprint density at radius 2 is 2.10 bits per heavy atom. The molecule has 0 atom stereocenters. The first-order valence-corrected chi connectivity index (χ1v) is 7.48. The maximum atomic E-state index is 12.0. The Morgan fingerprint density at radius 1 is 1.30 bits per heavy atom. The van der Waals surface area contributed by atoms with Gasteiger partial charge in [0.1, 0.15) is 5.75 Å². The third-order valence-electron chi connectivity index (χ3n) is 2.61. The van der Waals surface area contributed by atoms with Crippen LogP contribution in [-0.2, 0) is 11.3 Å². The summed E-state index contributed by atoms with van der Waals surface area (Å²) in [7, 11) is 1.73. The van der Waals surface area contributed by atoms with Crippen LogP contribution in [0.1, 0.15) is 4.88 Å². The van der Waals surface area contributed by atoms with Gasteiger partial charge in [0.05, 0.1) is 10.9 Å². The Kier molecular flexibility index (Phi) is 5.29. The highest BCUT2D eigenvalue weighted by Crippen LogP contribution is 2.22. The molecule has 0 saturated heterocycles. The fourth-order valence-electron chi connectivity index (χ4n) is 1.57. The average molecular weight is 330 g/mol. The molecule has 0 aliphatic heterocycles. The van der Waals surface area contributed by atoms with Gasteiger partial charge in [-0.2, -0.15) is 0 Å². The molecule has 0 radical (unpaired) electrons. The lowest BCUT2D eigenvalue weighted by molar-refractivity contribution is -0.132. The van der Waals surface area contributed by atoms with E-state index in [2.05, 4.69) is 0 Å². The van der Waals surface area contributed by atoms with Crippen molar-refractivity contribution in [2.45, 2.75) is 6.54 Å². The van der Waals surface area contributed by atoms with Crippen LogP contribution in [0.4, 0.5) is 0 Å². The second-order valence-corrected chi connectivity index (χ2v) is 6.44. The Hall–Kier alpha value is -1.23. The number of nitrogens with zero attached hydrogens (tertiary/aromatic N) is 1. The van der Waals surface area contributed by atoms with Gasteiger partial charge in [0, 0.05) is 16.9 Å². The second kappa shape index (κ2) is 6.97. The van der Waals surface area contributed by atoms with E-state index >= 15 is 0 Å². The van der Waals surface area contributed by atoms with Gasteiger partial charge in [-0.15, -0.1) is 11.3 Å². The predicted octanol–water partition coefficient (Wildman–Crippen LogP) is 4.09. The van der Waals surface area contributed by atoms with Crippen molar-refractivity contribution in [1.29, 1.82) is 0 Å². The summed E-state index contributed by atoms with van der Waals surface area (Å²) in [5, 5.41) is 0.580. The van der Waals surface area contributed by atoms with Gasteiger partial charge in [-0.05, 0) is 30.3 Å². The average Bonchev–Trinajstić information content (AvgIpc) is 2.81. The van der Waals surface area contributed by atoms with E-state index in [9.17, 15) is 4.79 Å². The minimum Gasteiger partial charge on any atom is -0.484 e. The molecule has 0 N–H and O–H groups in total. The maximum Gasteiger partial charge on any atom is 0.260 e. The minimum atomic E-state index is -0.102. The molecule has 1 amide bonds. The van der Waals surface area contributed by atoms with E-state index in [1.54, 1.807) is 36.2 Å².